The number of carbonyl (C=O) groups is 1. The van der Waals surface area contributed by atoms with E-state index >= 15 is 0 Å². The van der Waals surface area contributed by atoms with E-state index < -0.39 is 17.5 Å². The Hall–Kier alpha value is -1.98. The number of benzene rings is 1. The van der Waals surface area contributed by atoms with Gasteiger partial charge in [0, 0.05) is 5.56 Å². The van der Waals surface area contributed by atoms with Gasteiger partial charge in [0.05, 0.1) is 17.7 Å². The largest absolute Gasteiger partial charge is 0.461 e. The van der Waals surface area contributed by atoms with Crippen molar-refractivity contribution in [3.05, 3.63) is 29.0 Å². The Balaban J connectivity index is 2.70. The molecule has 0 N–H and O–H groups in total. The highest BCUT2D eigenvalue weighted by Crippen LogP contribution is 2.38. The van der Waals surface area contributed by atoms with E-state index in [2.05, 4.69) is 9.89 Å². The standard InChI is InChI=1S/C13H13F2NO3/c1-4-18-12(17)13(14,15)11-7(2)5-6-9-10(11)8(3)16-19-9/h5-6H,4H2,1-3H3. The van der Waals surface area contributed by atoms with Crippen LogP contribution in [-0.2, 0) is 15.5 Å². The second-order valence-corrected chi connectivity index (χ2v) is 4.19. The highest BCUT2D eigenvalue weighted by molar-refractivity contribution is 5.91. The second-order valence-electron chi connectivity index (χ2n) is 4.19. The lowest BCUT2D eigenvalue weighted by Gasteiger charge is -2.17. The molecule has 0 spiro atoms. The molecule has 0 aliphatic carbocycles. The Labute approximate surface area is 108 Å². The first kappa shape index (κ1) is 13.5. The van der Waals surface area contributed by atoms with Crippen molar-refractivity contribution in [2.75, 3.05) is 6.61 Å². The maximum Gasteiger partial charge on any atom is 0.382 e. The van der Waals surface area contributed by atoms with E-state index in [4.69, 9.17) is 4.52 Å². The van der Waals surface area contributed by atoms with Crippen LogP contribution in [0.3, 0.4) is 0 Å². The third-order valence-corrected chi connectivity index (χ3v) is 2.86. The van der Waals surface area contributed by atoms with Gasteiger partial charge >= 0.3 is 11.9 Å². The van der Waals surface area contributed by atoms with Crippen LogP contribution in [0.5, 0.6) is 0 Å². The lowest BCUT2D eigenvalue weighted by Crippen LogP contribution is -2.29. The van der Waals surface area contributed by atoms with Crippen molar-refractivity contribution in [3.63, 3.8) is 0 Å². The number of nitrogens with zero attached hydrogens (tertiary/aromatic N) is 1. The smallest absolute Gasteiger partial charge is 0.382 e. The van der Waals surface area contributed by atoms with Crippen molar-refractivity contribution in [1.82, 2.24) is 5.16 Å². The van der Waals surface area contributed by atoms with Gasteiger partial charge in [-0.05, 0) is 32.4 Å². The van der Waals surface area contributed by atoms with Crippen LogP contribution in [0.15, 0.2) is 16.7 Å². The second kappa shape index (κ2) is 4.60. The maximum atomic E-state index is 14.2. The molecule has 0 aliphatic rings. The molecule has 0 radical (unpaired) electrons. The molecular formula is C13H13F2NO3. The van der Waals surface area contributed by atoms with Gasteiger partial charge in [-0.1, -0.05) is 11.2 Å². The van der Waals surface area contributed by atoms with Crippen LogP contribution in [0.25, 0.3) is 11.0 Å². The molecule has 1 aromatic carbocycles. The molecule has 0 atom stereocenters. The Kier molecular flexibility index (Phi) is 3.26. The molecule has 1 heterocycles. The first-order chi connectivity index (χ1) is 8.89. The van der Waals surface area contributed by atoms with E-state index in [1.165, 1.54) is 19.9 Å². The molecule has 19 heavy (non-hydrogen) atoms. The molecule has 0 unspecified atom stereocenters. The van der Waals surface area contributed by atoms with E-state index in [1.54, 1.807) is 13.0 Å². The fraction of sp³-hybridized carbons (Fsp3) is 0.385. The predicted octanol–water partition coefficient (Wildman–Crippen LogP) is 3.10. The van der Waals surface area contributed by atoms with Gasteiger partial charge in [-0.2, -0.15) is 8.78 Å². The fourth-order valence-electron chi connectivity index (χ4n) is 2.01. The van der Waals surface area contributed by atoms with Crippen molar-refractivity contribution in [2.24, 2.45) is 0 Å². The third-order valence-electron chi connectivity index (χ3n) is 2.86. The van der Waals surface area contributed by atoms with Crippen molar-refractivity contribution in [1.29, 1.82) is 0 Å². The normalized spacial score (nSPS) is 11.8. The highest BCUT2D eigenvalue weighted by Gasteiger charge is 2.45. The molecule has 4 nitrogen and oxygen atoms in total. The number of alkyl halides is 2. The zero-order valence-corrected chi connectivity index (χ0v) is 10.8. The Morgan fingerprint density at radius 1 is 1.42 bits per heavy atom. The Morgan fingerprint density at radius 3 is 2.74 bits per heavy atom. The number of hydrogen-bond donors (Lipinski definition) is 0. The van der Waals surface area contributed by atoms with Crippen LogP contribution >= 0.6 is 0 Å². The summed E-state index contributed by atoms with van der Waals surface area (Å²) in [5.74, 6) is -5.29. The summed E-state index contributed by atoms with van der Waals surface area (Å²) in [6, 6.07) is 3.02. The maximum absolute atomic E-state index is 14.2. The Bertz CT molecular complexity index is 634. The van der Waals surface area contributed by atoms with E-state index in [9.17, 15) is 13.6 Å². The van der Waals surface area contributed by atoms with Crippen LogP contribution in [0.1, 0.15) is 23.7 Å². The first-order valence-electron chi connectivity index (χ1n) is 5.80. The molecule has 0 aliphatic heterocycles. The number of carbonyl (C=O) groups excluding carboxylic acids is 1. The zero-order valence-electron chi connectivity index (χ0n) is 10.8. The lowest BCUT2D eigenvalue weighted by atomic mass is 9.97. The molecule has 0 amide bonds. The number of esters is 1. The molecule has 102 valence electrons. The Morgan fingerprint density at radius 2 is 2.11 bits per heavy atom. The van der Waals surface area contributed by atoms with E-state index in [1.807, 2.05) is 0 Å². The monoisotopic (exact) mass is 269 g/mol. The lowest BCUT2D eigenvalue weighted by molar-refractivity contribution is -0.172. The van der Waals surface area contributed by atoms with Gasteiger partial charge in [0.2, 0.25) is 0 Å². The van der Waals surface area contributed by atoms with E-state index in [0.29, 0.717) is 5.69 Å². The van der Waals surface area contributed by atoms with Crippen LogP contribution in [0, 0.1) is 13.8 Å². The average Bonchev–Trinajstić information content (AvgIpc) is 2.71. The summed E-state index contributed by atoms with van der Waals surface area (Å²) in [6.45, 7) is 4.43. The summed E-state index contributed by atoms with van der Waals surface area (Å²) in [7, 11) is 0. The van der Waals surface area contributed by atoms with Crippen LogP contribution in [-0.4, -0.2) is 17.7 Å². The minimum absolute atomic E-state index is 0.105. The summed E-state index contributed by atoms with van der Waals surface area (Å²) in [4.78, 5) is 11.5. The third kappa shape index (κ3) is 2.07. The van der Waals surface area contributed by atoms with Crippen LogP contribution in [0.2, 0.25) is 0 Å². The minimum atomic E-state index is -3.73. The average molecular weight is 269 g/mol. The van der Waals surface area contributed by atoms with Gasteiger partial charge in [-0.15, -0.1) is 0 Å². The molecule has 2 aromatic rings. The first-order valence-corrected chi connectivity index (χ1v) is 5.80. The number of fused-ring (bicyclic) bond motifs is 1. The number of hydrogen-bond acceptors (Lipinski definition) is 4. The molecule has 6 heteroatoms. The van der Waals surface area contributed by atoms with Gasteiger partial charge in [0.25, 0.3) is 0 Å². The topological polar surface area (TPSA) is 52.3 Å². The van der Waals surface area contributed by atoms with Crippen molar-refractivity contribution < 1.29 is 22.8 Å². The van der Waals surface area contributed by atoms with E-state index in [-0.39, 0.29) is 23.1 Å². The number of ether oxygens (including phenoxy) is 1. The minimum Gasteiger partial charge on any atom is -0.461 e. The molecule has 0 saturated carbocycles. The van der Waals surface area contributed by atoms with Gasteiger partial charge in [-0.25, -0.2) is 4.79 Å². The highest BCUT2D eigenvalue weighted by atomic mass is 19.3. The summed E-state index contributed by atoms with van der Waals surface area (Å²) < 4.78 is 37.9. The number of aryl methyl sites for hydroxylation is 2. The molecule has 0 fully saturated rings. The van der Waals surface area contributed by atoms with Gasteiger partial charge < -0.3 is 9.26 Å². The summed E-state index contributed by atoms with van der Waals surface area (Å²) in [5.41, 5.74) is 0.429. The summed E-state index contributed by atoms with van der Waals surface area (Å²) in [5, 5.41) is 3.82. The summed E-state index contributed by atoms with van der Waals surface area (Å²) in [6.07, 6.45) is 0. The molecule has 0 saturated heterocycles. The van der Waals surface area contributed by atoms with Gasteiger partial charge in [0.15, 0.2) is 5.58 Å². The number of rotatable bonds is 3. The predicted molar refractivity (Wildman–Crippen MR) is 64.0 cm³/mol. The van der Waals surface area contributed by atoms with Crippen LogP contribution in [0.4, 0.5) is 8.78 Å². The van der Waals surface area contributed by atoms with Gasteiger partial charge in [-0.3, -0.25) is 0 Å². The SMILES string of the molecule is CCOC(=O)C(F)(F)c1c(C)ccc2onc(C)c12. The van der Waals surface area contributed by atoms with Gasteiger partial charge in [0.1, 0.15) is 0 Å². The number of aromatic nitrogens is 1. The van der Waals surface area contributed by atoms with Crippen LogP contribution < -0.4 is 0 Å². The molecule has 1 aromatic heterocycles. The molecule has 2 rings (SSSR count). The number of halogens is 2. The molecule has 0 bridgehead atoms. The quantitative estimate of drug-likeness (QED) is 0.803. The van der Waals surface area contributed by atoms with Crippen molar-refractivity contribution in [3.8, 4) is 0 Å². The van der Waals surface area contributed by atoms with Crippen molar-refractivity contribution >= 4 is 16.9 Å². The zero-order chi connectivity index (χ0) is 14.2. The molecular weight excluding hydrogens is 256 g/mol. The summed E-state index contributed by atoms with van der Waals surface area (Å²) >= 11 is 0. The van der Waals surface area contributed by atoms with Crippen molar-refractivity contribution in [2.45, 2.75) is 26.7 Å². The van der Waals surface area contributed by atoms with E-state index in [0.717, 1.165) is 0 Å². The fourth-order valence-corrected chi connectivity index (χ4v) is 2.01.